The van der Waals surface area contributed by atoms with Crippen LogP contribution in [0.15, 0.2) is 0 Å². The van der Waals surface area contributed by atoms with Crippen molar-refractivity contribution >= 4 is 11.9 Å². The molecule has 1 fully saturated rings. The molecule has 98 valence electrons. The number of nitrogens with one attached hydrogen (secondary N) is 1. The highest BCUT2D eigenvalue weighted by molar-refractivity contribution is 5.85. The van der Waals surface area contributed by atoms with E-state index in [2.05, 4.69) is 19.2 Å². The zero-order valence-electron chi connectivity index (χ0n) is 10.7. The van der Waals surface area contributed by atoms with Crippen LogP contribution < -0.4 is 5.32 Å². The van der Waals surface area contributed by atoms with Crippen molar-refractivity contribution in [1.29, 1.82) is 0 Å². The van der Waals surface area contributed by atoms with Crippen LogP contribution >= 0.6 is 0 Å². The molecule has 0 aromatic heterocycles. The van der Waals surface area contributed by atoms with Gasteiger partial charge in [0.15, 0.2) is 0 Å². The summed E-state index contributed by atoms with van der Waals surface area (Å²) in [6.45, 7) is 4.97. The lowest BCUT2D eigenvalue weighted by Gasteiger charge is -2.15. The number of carboxylic acid groups (broad SMARTS) is 1. The largest absolute Gasteiger partial charge is 0.481 e. The Kier molecular flexibility index (Phi) is 5.45. The summed E-state index contributed by atoms with van der Waals surface area (Å²) >= 11 is 0. The van der Waals surface area contributed by atoms with E-state index in [-0.39, 0.29) is 11.8 Å². The smallest absolute Gasteiger partial charge is 0.307 e. The van der Waals surface area contributed by atoms with Crippen LogP contribution in [-0.2, 0) is 9.59 Å². The molecule has 1 rings (SSSR count). The van der Waals surface area contributed by atoms with Gasteiger partial charge in [-0.25, -0.2) is 0 Å². The minimum absolute atomic E-state index is 0.0707. The first kappa shape index (κ1) is 14.0. The van der Waals surface area contributed by atoms with Crippen molar-refractivity contribution in [1.82, 2.24) is 5.32 Å². The van der Waals surface area contributed by atoms with Gasteiger partial charge in [-0.1, -0.05) is 20.3 Å². The monoisotopic (exact) mass is 241 g/mol. The van der Waals surface area contributed by atoms with Gasteiger partial charge in [0, 0.05) is 6.54 Å². The first-order valence-electron chi connectivity index (χ1n) is 6.53. The Morgan fingerprint density at radius 1 is 1.29 bits per heavy atom. The average Bonchev–Trinajstić information content (AvgIpc) is 2.72. The van der Waals surface area contributed by atoms with Crippen molar-refractivity contribution in [3.8, 4) is 0 Å². The van der Waals surface area contributed by atoms with Gasteiger partial charge in [0.2, 0.25) is 5.91 Å². The third-order valence-corrected chi connectivity index (χ3v) is 3.43. The highest BCUT2D eigenvalue weighted by Gasteiger charge is 2.37. The zero-order chi connectivity index (χ0) is 12.8. The number of aliphatic carboxylic acids is 1. The predicted molar refractivity (Wildman–Crippen MR) is 65.5 cm³/mol. The van der Waals surface area contributed by atoms with E-state index in [0.717, 1.165) is 19.3 Å². The minimum atomic E-state index is -0.829. The molecule has 0 radical (unpaired) electrons. The molecule has 0 aromatic carbocycles. The van der Waals surface area contributed by atoms with Gasteiger partial charge in [0.05, 0.1) is 11.8 Å². The van der Waals surface area contributed by atoms with E-state index < -0.39 is 11.9 Å². The number of carbonyl (C=O) groups is 2. The maximum absolute atomic E-state index is 11.8. The van der Waals surface area contributed by atoms with Crippen LogP contribution in [0.1, 0.15) is 46.0 Å². The molecule has 1 saturated carbocycles. The molecule has 1 amide bonds. The van der Waals surface area contributed by atoms with E-state index in [9.17, 15) is 9.59 Å². The number of hydrogen-bond donors (Lipinski definition) is 2. The Bertz CT molecular complexity index is 276. The van der Waals surface area contributed by atoms with Crippen molar-refractivity contribution in [3.63, 3.8) is 0 Å². The second kappa shape index (κ2) is 6.62. The van der Waals surface area contributed by atoms with Crippen LogP contribution in [0.5, 0.6) is 0 Å². The molecule has 0 saturated heterocycles. The van der Waals surface area contributed by atoms with Crippen LogP contribution in [0.2, 0.25) is 0 Å². The summed E-state index contributed by atoms with van der Waals surface area (Å²) < 4.78 is 0. The van der Waals surface area contributed by atoms with Crippen LogP contribution in [-0.4, -0.2) is 23.5 Å². The fourth-order valence-electron chi connectivity index (χ4n) is 2.42. The highest BCUT2D eigenvalue weighted by atomic mass is 16.4. The first-order valence-corrected chi connectivity index (χ1v) is 6.53. The number of carboxylic acids is 1. The highest BCUT2D eigenvalue weighted by Crippen LogP contribution is 2.31. The average molecular weight is 241 g/mol. The molecule has 1 aliphatic rings. The Hall–Kier alpha value is -1.06. The number of rotatable bonds is 6. The van der Waals surface area contributed by atoms with Crippen LogP contribution in [0.25, 0.3) is 0 Å². The molecule has 0 spiro atoms. The van der Waals surface area contributed by atoms with Crippen molar-refractivity contribution in [2.75, 3.05) is 6.54 Å². The quantitative estimate of drug-likeness (QED) is 0.699. The van der Waals surface area contributed by atoms with E-state index in [0.29, 0.717) is 25.3 Å². The van der Waals surface area contributed by atoms with Gasteiger partial charge < -0.3 is 10.4 Å². The van der Waals surface area contributed by atoms with Crippen molar-refractivity contribution < 1.29 is 14.7 Å². The predicted octanol–water partition coefficient (Wildman–Crippen LogP) is 2.04. The second-order valence-electron chi connectivity index (χ2n) is 5.31. The van der Waals surface area contributed by atoms with Crippen LogP contribution in [0.4, 0.5) is 0 Å². The molecule has 2 atom stereocenters. The topological polar surface area (TPSA) is 66.4 Å². The molecular weight excluding hydrogens is 218 g/mol. The van der Waals surface area contributed by atoms with Crippen molar-refractivity contribution in [2.45, 2.75) is 46.0 Å². The number of hydrogen-bond acceptors (Lipinski definition) is 2. The lowest BCUT2D eigenvalue weighted by Crippen LogP contribution is -2.35. The van der Waals surface area contributed by atoms with E-state index in [4.69, 9.17) is 5.11 Å². The Labute approximate surface area is 103 Å². The first-order chi connectivity index (χ1) is 8.02. The Morgan fingerprint density at radius 2 is 1.94 bits per heavy atom. The standard InChI is InChI=1S/C13H23NO3/c1-9(2)5-4-8-14-12(15)10-6-3-7-11(10)13(16)17/h9-11H,3-8H2,1-2H3,(H,14,15)(H,16,17)/t10-,11+/m1/s1. The molecule has 1 aliphatic carbocycles. The van der Waals surface area contributed by atoms with Crippen molar-refractivity contribution in [3.05, 3.63) is 0 Å². The minimum Gasteiger partial charge on any atom is -0.481 e. The van der Waals surface area contributed by atoms with E-state index >= 15 is 0 Å². The normalized spacial score (nSPS) is 23.9. The number of amides is 1. The van der Waals surface area contributed by atoms with Gasteiger partial charge in [0.25, 0.3) is 0 Å². The van der Waals surface area contributed by atoms with Gasteiger partial charge in [-0.2, -0.15) is 0 Å². The lowest BCUT2D eigenvalue weighted by molar-refractivity contribution is -0.146. The molecule has 4 heteroatoms. The summed E-state index contributed by atoms with van der Waals surface area (Å²) in [6, 6.07) is 0. The van der Waals surface area contributed by atoms with Gasteiger partial charge in [-0.3, -0.25) is 9.59 Å². The Balaban J connectivity index is 2.29. The third-order valence-electron chi connectivity index (χ3n) is 3.43. The third kappa shape index (κ3) is 4.36. The zero-order valence-corrected chi connectivity index (χ0v) is 10.7. The molecule has 0 bridgehead atoms. The molecular formula is C13H23NO3. The molecule has 4 nitrogen and oxygen atoms in total. The van der Waals surface area contributed by atoms with Gasteiger partial charge in [0.1, 0.15) is 0 Å². The fraction of sp³-hybridized carbons (Fsp3) is 0.846. The fourth-order valence-corrected chi connectivity index (χ4v) is 2.42. The van der Waals surface area contributed by atoms with E-state index in [1.807, 2.05) is 0 Å². The molecule has 0 unspecified atom stereocenters. The Morgan fingerprint density at radius 3 is 2.53 bits per heavy atom. The summed E-state index contributed by atoms with van der Waals surface area (Å²) in [5.74, 6) is -1.04. The molecule has 0 heterocycles. The molecule has 2 N–H and O–H groups in total. The van der Waals surface area contributed by atoms with Crippen molar-refractivity contribution in [2.24, 2.45) is 17.8 Å². The van der Waals surface area contributed by atoms with E-state index in [1.165, 1.54) is 0 Å². The summed E-state index contributed by atoms with van der Waals surface area (Å²) in [5.41, 5.74) is 0. The van der Waals surface area contributed by atoms with Gasteiger partial charge in [-0.15, -0.1) is 0 Å². The van der Waals surface area contributed by atoms with Crippen LogP contribution in [0.3, 0.4) is 0 Å². The molecule has 17 heavy (non-hydrogen) atoms. The maximum atomic E-state index is 11.8. The lowest BCUT2D eigenvalue weighted by atomic mass is 9.95. The second-order valence-corrected chi connectivity index (χ2v) is 5.31. The van der Waals surface area contributed by atoms with Gasteiger partial charge >= 0.3 is 5.97 Å². The maximum Gasteiger partial charge on any atom is 0.307 e. The van der Waals surface area contributed by atoms with E-state index in [1.54, 1.807) is 0 Å². The summed E-state index contributed by atoms with van der Waals surface area (Å²) in [4.78, 5) is 22.8. The number of carbonyl (C=O) groups excluding carboxylic acids is 1. The molecule has 0 aliphatic heterocycles. The molecule has 0 aromatic rings. The summed E-state index contributed by atoms with van der Waals surface area (Å²) in [6.07, 6.45) is 4.26. The SMILES string of the molecule is CC(C)CCCNC(=O)[C@@H]1CCC[C@@H]1C(=O)O. The van der Waals surface area contributed by atoms with Crippen LogP contribution in [0, 0.1) is 17.8 Å². The van der Waals surface area contributed by atoms with Gasteiger partial charge in [-0.05, 0) is 31.6 Å². The summed E-state index contributed by atoms with van der Waals surface area (Å²) in [7, 11) is 0. The summed E-state index contributed by atoms with van der Waals surface area (Å²) in [5, 5.41) is 11.9.